The quantitative estimate of drug-likeness (QED) is 0.610. The Balaban J connectivity index is 2.60. The highest BCUT2D eigenvalue weighted by atomic mass is 79.9. The van der Waals surface area contributed by atoms with Gasteiger partial charge >= 0.3 is 6.18 Å². The molecule has 0 amide bonds. The van der Waals surface area contributed by atoms with Crippen molar-refractivity contribution in [3.8, 4) is 5.75 Å². The summed E-state index contributed by atoms with van der Waals surface area (Å²) >= 11 is 3.07. The van der Waals surface area contributed by atoms with E-state index in [2.05, 4.69) is 21.2 Å². The Hall–Kier alpha value is -2.28. The lowest BCUT2D eigenvalue weighted by Crippen LogP contribution is -2.29. The molecule has 2 rings (SSSR count). The number of benzene rings is 1. The van der Waals surface area contributed by atoms with Crippen molar-refractivity contribution in [3.63, 3.8) is 0 Å². The highest BCUT2D eigenvalue weighted by molar-refractivity contribution is 9.10. The second kappa shape index (κ2) is 7.99. The summed E-state index contributed by atoms with van der Waals surface area (Å²) in [6.07, 6.45) is -4.99. The van der Waals surface area contributed by atoms with Gasteiger partial charge in [0, 0.05) is 17.6 Å². The molecule has 7 nitrogen and oxygen atoms in total. The molecule has 1 heterocycles. The van der Waals surface area contributed by atoms with E-state index < -0.39 is 39.0 Å². The van der Waals surface area contributed by atoms with Crippen molar-refractivity contribution < 1.29 is 30.7 Å². The lowest BCUT2D eigenvalue weighted by molar-refractivity contribution is -0.106. The molecule has 0 aliphatic carbocycles. The van der Waals surface area contributed by atoms with E-state index in [0.29, 0.717) is 4.47 Å². The topological polar surface area (TPSA) is 89.4 Å². The highest BCUT2D eigenvalue weighted by Gasteiger charge is 2.36. The fraction of sp³-hybridized carbons (Fsp3) is 0.267. The van der Waals surface area contributed by atoms with Crippen molar-refractivity contribution in [2.75, 3.05) is 22.9 Å². The van der Waals surface area contributed by atoms with E-state index in [4.69, 9.17) is 4.74 Å². The van der Waals surface area contributed by atoms with Gasteiger partial charge in [0.2, 0.25) is 10.0 Å². The first-order chi connectivity index (χ1) is 12.8. The predicted molar refractivity (Wildman–Crippen MR) is 99.1 cm³/mol. The Kier molecular flexibility index (Phi) is 6.28. The van der Waals surface area contributed by atoms with Crippen molar-refractivity contribution >= 4 is 43.1 Å². The largest absolute Gasteiger partial charge is 0.494 e. The van der Waals surface area contributed by atoms with Crippen LogP contribution in [0.2, 0.25) is 0 Å². The van der Waals surface area contributed by atoms with Gasteiger partial charge in [-0.1, -0.05) is 15.9 Å². The maximum atomic E-state index is 14.1. The fourth-order valence-corrected chi connectivity index (χ4v) is 3.55. The van der Waals surface area contributed by atoms with Crippen molar-refractivity contribution in [1.29, 1.82) is 0 Å². The second-order valence-corrected chi connectivity index (χ2v) is 8.20. The van der Waals surface area contributed by atoms with Gasteiger partial charge in [0.25, 0.3) is 5.56 Å². The van der Waals surface area contributed by atoms with E-state index in [-0.39, 0.29) is 17.3 Å². The molecule has 28 heavy (non-hydrogen) atoms. The fourth-order valence-electron chi connectivity index (χ4n) is 2.21. The predicted octanol–water partition coefficient (Wildman–Crippen LogP) is 3.34. The number of nitrogens with one attached hydrogen (secondary N) is 2. The van der Waals surface area contributed by atoms with Gasteiger partial charge in [-0.15, -0.1) is 0 Å². The van der Waals surface area contributed by atoms with Crippen LogP contribution in [0.1, 0.15) is 0 Å². The third kappa shape index (κ3) is 5.38. The number of hydrogen-bond donors (Lipinski definition) is 2. The number of sulfonamides is 1. The molecule has 0 aliphatic heterocycles. The minimum Gasteiger partial charge on any atom is -0.494 e. The summed E-state index contributed by atoms with van der Waals surface area (Å²) in [6, 6.07) is 4.75. The van der Waals surface area contributed by atoms with Gasteiger partial charge in [-0.25, -0.2) is 12.8 Å². The Morgan fingerprint density at radius 1 is 1.25 bits per heavy atom. The van der Waals surface area contributed by atoms with Crippen LogP contribution in [0.25, 0.3) is 0 Å². The summed E-state index contributed by atoms with van der Waals surface area (Å²) in [4.78, 5) is 12.1. The number of aromatic nitrogens is 1. The van der Waals surface area contributed by atoms with Crippen LogP contribution >= 0.6 is 15.9 Å². The number of pyridine rings is 1. The molecule has 2 N–H and O–H groups in total. The van der Waals surface area contributed by atoms with E-state index in [9.17, 15) is 30.8 Å². The van der Waals surface area contributed by atoms with Crippen molar-refractivity contribution in [2.24, 2.45) is 7.05 Å². The minimum absolute atomic E-state index is 0.150. The van der Waals surface area contributed by atoms with Crippen LogP contribution < -0.4 is 20.3 Å². The summed E-state index contributed by atoms with van der Waals surface area (Å²) < 4.78 is 83.6. The number of alkyl halides is 3. The zero-order chi connectivity index (χ0) is 21.3. The van der Waals surface area contributed by atoms with Crippen LogP contribution in [0, 0.1) is 5.82 Å². The van der Waals surface area contributed by atoms with E-state index >= 15 is 0 Å². The Bertz CT molecular complexity index is 1050. The molecular formula is C15H14BrF4N3O4S. The lowest BCUT2D eigenvalue weighted by atomic mass is 10.3. The minimum atomic E-state index is -4.99. The van der Waals surface area contributed by atoms with Gasteiger partial charge in [0.1, 0.15) is 17.3 Å². The monoisotopic (exact) mass is 487 g/mol. The van der Waals surface area contributed by atoms with Gasteiger partial charge in [-0.05, 0) is 18.2 Å². The van der Waals surface area contributed by atoms with Crippen molar-refractivity contribution in [3.05, 3.63) is 44.9 Å². The molecule has 13 heteroatoms. The van der Waals surface area contributed by atoms with Gasteiger partial charge in [-0.3, -0.25) is 14.1 Å². The zero-order valence-corrected chi connectivity index (χ0v) is 16.8. The third-order valence-electron chi connectivity index (χ3n) is 3.42. The van der Waals surface area contributed by atoms with Gasteiger partial charge < -0.3 is 10.1 Å². The molecule has 0 unspecified atom stereocenters. The number of hydrogen-bond acceptors (Lipinski definition) is 5. The normalized spacial score (nSPS) is 12.0. The lowest BCUT2D eigenvalue weighted by Gasteiger charge is -2.20. The summed E-state index contributed by atoms with van der Waals surface area (Å²) in [6.45, 7) is 0. The van der Waals surface area contributed by atoms with Gasteiger partial charge in [0.15, 0.2) is 11.5 Å². The molecule has 0 atom stereocenters. The molecule has 0 saturated carbocycles. The molecule has 0 bridgehead atoms. The molecule has 1 aromatic heterocycles. The highest BCUT2D eigenvalue weighted by Crippen LogP contribution is 2.35. The van der Waals surface area contributed by atoms with Crippen LogP contribution in [0.5, 0.6) is 5.75 Å². The number of rotatable bonds is 6. The van der Waals surface area contributed by atoms with E-state index in [1.54, 1.807) is 4.72 Å². The molecule has 154 valence electrons. The molecule has 0 radical (unpaired) electrons. The van der Waals surface area contributed by atoms with Gasteiger partial charge in [0.05, 0.1) is 12.8 Å². The Morgan fingerprint density at radius 2 is 1.89 bits per heavy atom. The number of halogens is 5. The maximum absolute atomic E-state index is 14.1. The molecular weight excluding hydrogens is 474 g/mol. The summed E-state index contributed by atoms with van der Waals surface area (Å²) in [5.74, 6) is -3.56. The maximum Gasteiger partial charge on any atom is 0.404 e. The van der Waals surface area contributed by atoms with E-state index in [1.807, 2.05) is 0 Å². The smallest absolute Gasteiger partial charge is 0.404 e. The number of nitrogens with zero attached hydrogens (tertiary/aromatic N) is 1. The zero-order valence-electron chi connectivity index (χ0n) is 14.4. The summed E-state index contributed by atoms with van der Waals surface area (Å²) in [5.41, 5.74) is -1.30. The first-order valence-corrected chi connectivity index (χ1v) is 9.85. The standard InChI is InChI=1S/C15H14BrF4N3O4S/c1-23-12(24)6-11(27-2)13(22-28(25,26)7-15(18,19)20)14(23)21-10-4-3-8(16)5-9(10)17/h3-6,21-22H,7H2,1-2H3. The molecule has 1 aromatic carbocycles. The first-order valence-electron chi connectivity index (χ1n) is 7.40. The first kappa shape index (κ1) is 22.0. The third-order valence-corrected chi connectivity index (χ3v) is 5.13. The van der Waals surface area contributed by atoms with E-state index in [0.717, 1.165) is 23.8 Å². The molecule has 0 saturated heterocycles. The number of anilines is 3. The van der Waals surface area contributed by atoms with Crippen LogP contribution in [0.4, 0.5) is 34.8 Å². The van der Waals surface area contributed by atoms with Crippen molar-refractivity contribution in [2.45, 2.75) is 6.18 Å². The Morgan fingerprint density at radius 3 is 2.43 bits per heavy atom. The number of ether oxygens (including phenoxy) is 1. The number of methoxy groups -OCH3 is 1. The van der Waals surface area contributed by atoms with Gasteiger partial charge in [-0.2, -0.15) is 13.2 Å². The van der Waals surface area contributed by atoms with Crippen LogP contribution in [0.15, 0.2) is 33.5 Å². The summed E-state index contributed by atoms with van der Waals surface area (Å²) in [5, 5.41) is 2.52. The summed E-state index contributed by atoms with van der Waals surface area (Å²) in [7, 11) is -2.58. The molecule has 0 fully saturated rings. The average molecular weight is 488 g/mol. The molecule has 2 aromatic rings. The molecule has 0 spiro atoms. The van der Waals surface area contributed by atoms with E-state index in [1.165, 1.54) is 19.2 Å². The Labute approximate surface area is 165 Å². The van der Waals surface area contributed by atoms with Crippen LogP contribution in [-0.2, 0) is 17.1 Å². The van der Waals surface area contributed by atoms with Crippen LogP contribution in [0.3, 0.4) is 0 Å². The SMILES string of the molecule is COc1cc(=O)n(C)c(Nc2ccc(Br)cc2F)c1NS(=O)(=O)CC(F)(F)F. The second-order valence-electron chi connectivity index (χ2n) is 5.56. The average Bonchev–Trinajstić information content (AvgIpc) is 2.53. The van der Waals surface area contributed by atoms with Crippen molar-refractivity contribution in [1.82, 2.24) is 4.57 Å². The molecule has 0 aliphatic rings. The van der Waals surface area contributed by atoms with Crippen LogP contribution in [-0.4, -0.2) is 32.0 Å².